The smallest absolute Gasteiger partial charge is 0.272 e. The van der Waals surface area contributed by atoms with Crippen molar-refractivity contribution in [3.63, 3.8) is 0 Å². The number of carbonyl (C=O) groups is 1. The molecular weight excluding hydrogens is 318 g/mol. The quantitative estimate of drug-likeness (QED) is 0.848. The fourth-order valence-corrected chi connectivity index (χ4v) is 3.20. The van der Waals surface area contributed by atoms with Crippen LogP contribution in [0.3, 0.4) is 0 Å². The molecule has 2 aromatic rings. The number of carbonyl (C=O) groups excluding carboxylic acids is 1. The first-order chi connectivity index (χ1) is 11.8. The Hall–Kier alpha value is -2.44. The lowest BCUT2D eigenvalue weighted by Gasteiger charge is -2.25. The highest BCUT2D eigenvalue weighted by atomic mass is 16.2. The molecule has 1 saturated heterocycles. The molecule has 0 bridgehead atoms. The van der Waals surface area contributed by atoms with Crippen molar-refractivity contribution in [2.24, 2.45) is 7.05 Å². The molecule has 134 valence electrons. The molecule has 1 unspecified atom stereocenters. The third kappa shape index (κ3) is 3.50. The number of hydrogen-bond acceptors (Lipinski definition) is 4. The van der Waals surface area contributed by atoms with Crippen molar-refractivity contribution in [3.8, 4) is 0 Å². The van der Waals surface area contributed by atoms with Crippen molar-refractivity contribution >= 4 is 5.91 Å². The fraction of sp³-hybridized carbons (Fsp3) is 0.556. The maximum Gasteiger partial charge on any atom is 0.272 e. The van der Waals surface area contributed by atoms with Gasteiger partial charge in [0.2, 0.25) is 0 Å². The predicted molar refractivity (Wildman–Crippen MR) is 94.5 cm³/mol. The molecule has 0 aliphatic carbocycles. The average molecular weight is 343 g/mol. The minimum atomic E-state index is -0.132. The van der Waals surface area contributed by atoms with Crippen LogP contribution in [0, 0.1) is 0 Å². The molecule has 0 spiro atoms. The predicted octanol–water partition coefficient (Wildman–Crippen LogP) is 1.58. The van der Waals surface area contributed by atoms with Gasteiger partial charge in [0.05, 0.1) is 18.3 Å². The van der Waals surface area contributed by atoms with Crippen LogP contribution in [0.4, 0.5) is 0 Å². The van der Waals surface area contributed by atoms with E-state index in [4.69, 9.17) is 0 Å². The Morgan fingerprint density at radius 2 is 2.04 bits per heavy atom. The molecule has 3 rings (SSSR count). The zero-order valence-electron chi connectivity index (χ0n) is 15.3. The van der Waals surface area contributed by atoms with Crippen LogP contribution in [0.5, 0.6) is 0 Å². The monoisotopic (exact) mass is 343 g/mol. The van der Waals surface area contributed by atoms with Gasteiger partial charge in [0.15, 0.2) is 0 Å². The second-order valence-corrected chi connectivity index (χ2v) is 7.62. The van der Waals surface area contributed by atoms with Crippen LogP contribution in [-0.2, 0) is 19.0 Å². The molecule has 0 saturated carbocycles. The Bertz CT molecular complexity index is 830. The van der Waals surface area contributed by atoms with E-state index in [0.29, 0.717) is 18.8 Å². The van der Waals surface area contributed by atoms with Crippen molar-refractivity contribution in [2.45, 2.75) is 51.6 Å². The topological polar surface area (TPSA) is 73.0 Å². The van der Waals surface area contributed by atoms with E-state index in [9.17, 15) is 9.59 Å². The summed E-state index contributed by atoms with van der Waals surface area (Å²) in [5, 5.41) is 8.60. The number of aromatic nitrogens is 4. The summed E-state index contributed by atoms with van der Waals surface area (Å²) in [5.74, 6) is -0.0393. The average Bonchev–Trinajstić information content (AvgIpc) is 3.16. The Morgan fingerprint density at radius 3 is 2.68 bits per heavy atom. The van der Waals surface area contributed by atoms with Gasteiger partial charge in [-0.1, -0.05) is 20.8 Å². The third-order valence-electron chi connectivity index (χ3n) is 4.70. The number of rotatable bonds is 3. The molecule has 1 fully saturated rings. The van der Waals surface area contributed by atoms with Gasteiger partial charge in [0.25, 0.3) is 11.5 Å². The first-order valence-corrected chi connectivity index (χ1v) is 8.65. The lowest BCUT2D eigenvalue weighted by molar-refractivity contribution is 0.0709. The van der Waals surface area contributed by atoms with Crippen LogP contribution in [0.25, 0.3) is 0 Å². The van der Waals surface area contributed by atoms with Gasteiger partial charge < -0.3 is 4.90 Å². The summed E-state index contributed by atoms with van der Waals surface area (Å²) in [5.41, 5.74) is 1.17. The standard InChI is InChI=1S/C18H25N5O2/c1-18(2,3)15-7-8-16(24)23(20-15)12-13-6-5-11-22(13)17(25)14-9-10-19-21(14)4/h7-10,13H,5-6,11-12H2,1-4H3. The zero-order chi connectivity index (χ0) is 18.2. The van der Waals surface area contributed by atoms with E-state index in [1.807, 2.05) is 4.90 Å². The van der Waals surface area contributed by atoms with Crippen LogP contribution in [0.15, 0.2) is 29.2 Å². The van der Waals surface area contributed by atoms with Crippen LogP contribution in [-0.4, -0.2) is 43.0 Å². The number of nitrogens with zero attached hydrogens (tertiary/aromatic N) is 5. The highest BCUT2D eigenvalue weighted by Crippen LogP contribution is 2.22. The van der Waals surface area contributed by atoms with E-state index in [-0.39, 0.29) is 22.9 Å². The zero-order valence-corrected chi connectivity index (χ0v) is 15.3. The summed E-state index contributed by atoms with van der Waals surface area (Å²) in [6, 6.07) is 5.05. The van der Waals surface area contributed by atoms with Gasteiger partial charge in [-0.25, -0.2) is 4.68 Å². The van der Waals surface area contributed by atoms with Gasteiger partial charge in [0, 0.05) is 31.3 Å². The molecule has 1 amide bonds. The maximum atomic E-state index is 12.8. The summed E-state index contributed by atoms with van der Waals surface area (Å²) >= 11 is 0. The maximum absolute atomic E-state index is 12.8. The van der Waals surface area contributed by atoms with E-state index in [2.05, 4.69) is 31.0 Å². The lowest BCUT2D eigenvalue weighted by atomic mass is 9.92. The summed E-state index contributed by atoms with van der Waals surface area (Å²) in [7, 11) is 1.76. The van der Waals surface area contributed by atoms with E-state index in [1.165, 1.54) is 4.68 Å². The molecule has 1 aliphatic rings. The molecular formula is C18H25N5O2. The minimum absolute atomic E-state index is 0.0252. The SMILES string of the molecule is Cn1nccc1C(=O)N1CCCC1Cn1nc(C(C)(C)C)ccc1=O. The highest BCUT2D eigenvalue weighted by Gasteiger charge is 2.31. The molecule has 0 radical (unpaired) electrons. The van der Waals surface area contributed by atoms with Gasteiger partial charge in [0.1, 0.15) is 5.69 Å². The Labute approximate surface area is 147 Å². The van der Waals surface area contributed by atoms with E-state index in [0.717, 1.165) is 18.5 Å². The molecule has 2 aromatic heterocycles. The fourth-order valence-electron chi connectivity index (χ4n) is 3.20. The number of aryl methyl sites for hydroxylation is 1. The van der Waals surface area contributed by atoms with Crippen molar-refractivity contribution < 1.29 is 4.79 Å². The molecule has 25 heavy (non-hydrogen) atoms. The van der Waals surface area contributed by atoms with Crippen LogP contribution in [0.1, 0.15) is 49.8 Å². The molecule has 0 N–H and O–H groups in total. The first kappa shape index (κ1) is 17.4. The van der Waals surface area contributed by atoms with E-state index in [1.54, 1.807) is 36.1 Å². The largest absolute Gasteiger partial charge is 0.332 e. The van der Waals surface area contributed by atoms with Crippen molar-refractivity contribution in [3.05, 3.63) is 46.1 Å². The highest BCUT2D eigenvalue weighted by molar-refractivity contribution is 5.92. The first-order valence-electron chi connectivity index (χ1n) is 8.65. The van der Waals surface area contributed by atoms with Crippen LogP contribution >= 0.6 is 0 Å². The molecule has 0 aromatic carbocycles. The van der Waals surface area contributed by atoms with Crippen molar-refractivity contribution in [1.29, 1.82) is 0 Å². The third-order valence-corrected chi connectivity index (χ3v) is 4.70. The summed E-state index contributed by atoms with van der Waals surface area (Å²) in [6.07, 6.45) is 3.43. The number of amides is 1. The summed E-state index contributed by atoms with van der Waals surface area (Å²) < 4.78 is 3.09. The van der Waals surface area contributed by atoms with Gasteiger partial charge in [-0.2, -0.15) is 10.2 Å². The Kier molecular flexibility index (Phi) is 4.49. The van der Waals surface area contributed by atoms with Gasteiger partial charge in [-0.05, 0) is 25.0 Å². The minimum Gasteiger partial charge on any atom is -0.332 e. The van der Waals surface area contributed by atoms with Gasteiger partial charge >= 0.3 is 0 Å². The molecule has 7 nitrogen and oxygen atoms in total. The van der Waals surface area contributed by atoms with Gasteiger partial charge in [-0.3, -0.25) is 14.3 Å². The van der Waals surface area contributed by atoms with Crippen LogP contribution in [0.2, 0.25) is 0 Å². The van der Waals surface area contributed by atoms with E-state index >= 15 is 0 Å². The summed E-state index contributed by atoms with van der Waals surface area (Å²) in [4.78, 5) is 26.9. The Morgan fingerprint density at radius 1 is 1.28 bits per heavy atom. The molecule has 7 heteroatoms. The van der Waals surface area contributed by atoms with E-state index < -0.39 is 0 Å². The second-order valence-electron chi connectivity index (χ2n) is 7.62. The van der Waals surface area contributed by atoms with Crippen LogP contribution < -0.4 is 5.56 Å². The molecule has 1 atom stereocenters. The molecule has 3 heterocycles. The van der Waals surface area contributed by atoms with Crippen molar-refractivity contribution in [2.75, 3.05) is 6.54 Å². The second kappa shape index (κ2) is 6.46. The summed E-state index contributed by atoms with van der Waals surface area (Å²) in [6.45, 7) is 7.32. The van der Waals surface area contributed by atoms with Crippen molar-refractivity contribution in [1.82, 2.24) is 24.5 Å². The molecule has 1 aliphatic heterocycles. The number of likely N-dealkylation sites (tertiary alicyclic amines) is 1. The normalized spacial score (nSPS) is 17.9. The van der Waals surface area contributed by atoms with Gasteiger partial charge in [-0.15, -0.1) is 0 Å². The number of hydrogen-bond donors (Lipinski definition) is 0. The Balaban J connectivity index is 1.84. The lowest BCUT2D eigenvalue weighted by Crippen LogP contribution is -2.41.